The summed E-state index contributed by atoms with van der Waals surface area (Å²) >= 11 is 1.51. The van der Waals surface area contributed by atoms with Crippen LogP contribution in [0.3, 0.4) is 0 Å². The van der Waals surface area contributed by atoms with Crippen molar-refractivity contribution in [3.05, 3.63) is 48.0 Å². The number of carbonyl (C=O) groups is 1. The number of nitrogens with zero attached hydrogens (tertiary/aromatic N) is 3. The number of benzene rings is 2. The zero-order chi connectivity index (χ0) is 21.1. The number of rotatable bonds is 7. The minimum absolute atomic E-state index is 0.0314. The Morgan fingerprint density at radius 2 is 2.03 bits per heavy atom. The van der Waals surface area contributed by atoms with Crippen LogP contribution in [0, 0.1) is 0 Å². The van der Waals surface area contributed by atoms with Crippen molar-refractivity contribution in [1.82, 2.24) is 14.5 Å². The van der Waals surface area contributed by atoms with E-state index in [0.29, 0.717) is 5.75 Å². The van der Waals surface area contributed by atoms with Crippen molar-refractivity contribution in [2.75, 3.05) is 26.5 Å². The minimum atomic E-state index is 0.0314. The summed E-state index contributed by atoms with van der Waals surface area (Å²) in [5.74, 6) is 2.02. The maximum atomic E-state index is 13.1. The van der Waals surface area contributed by atoms with Gasteiger partial charge in [0.2, 0.25) is 5.91 Å². The summed E-state index contributed by atoms with van der Waals surface area (Å²) in [6, 6.07) is 14.0. The molecule has 3 aromatic rings. The van der Waals surface area contributed by atoms with Gasteiger partial charge in [0.15, 0.2) is 5.16 Å². The highest BCUT2D eigenvalue weighted by Gasteiger charge is 2.32. The predicted molar refractivity (Wildman–Crippen MR) is 119 cm³/mol. The average Bonchev–Trinajstić information content (AvgIpc) is 3.41. The fourth-order valence-corrected chi connectivity index (χ4v) is 5.13. The van der Waals surface area contributed by atoms with Crippen molar-refractivity contribution in [3.63, 3.8) is 0 Å². The number of carbonyl (C=O) groups excluding carboxylic acids is 1. The Morgan fingerprint density at radius 1 is 1.20 bits per heavy atom. The van der Waals surface area contributed by atoms with E-state index in [1.165, 1.54) is 11.8 Å². The fraction of sp³-hybridized carbons (Fsp3) is 0.391. The lowest BCUT2D eigenvalue weighted by Crippen LogP contribution is -2.32. The number of thioether (sulfide) groups is 1. The quantitative estimate of drug-likeness (QED) is 0.521. The second kappa shape index (κ2) is 9.00. The molecule has 0 bridgehead atoms. The molecule has 158 valence electrons. The highest BCUT2D eigenvalue weighted by Crippen LogP contribution is 2.39. The Balaban J connectivity index is 1.51. The molecule has 0 saturated carbocycles. The zero-order valence-electron chi connectivity index (χ0n) is 17.6. The van der Waals surface area contributed by atoms with Crippen LogP contribution >= 0.6 is 11.8 Å². The van der Waals surface area contributed by atoms with Crippen molar-refractivity contribution in [2.24, 2.45) is 0 Å². The molecular weight excluding hydrogens is 398 g/mol. The smallest absolute Gasteiger partial charge is 0.233 e. The number of fused-ring (bicyclic) bond motifs is 1. The Kier molecular flexibility index (Phi) is 6.18. The molecule has 1 saturated heterocycles. The van der Waals surface area contributed by atoms with E-state index >= 15 is 0 Å². The lowest BCUT2D eigenvalue weighted by molar-refractivity contribution is -0.129. The first kappa shape index (κ1) is 20.6. The Labute approximate surface area is 181 Å². The summed E-state index contributed by atoms with van der Waals surface area (Å²) in [6.07, 6.45) is 1.93. The topological polar surface area (TPSA) is 56.6 Å². The number of imidazole rings is 1. The molecule has 30 heavy (non-hydrogen) atoms. The number of ether oxygens (including phenoxy) is 2. The van der Waals surface area contributed by atoms with Crippen molar-refractivity contribution in [2.45, 2.75) is 37.5 Å². The Hall–Kier alpha value is -2.67. The van der Waals surface area contributed by atoms with Crippen LogP contribution in [0.4, 0.5) is 0 Å². The minimum Gasteiger partial charge on any atom is -0.497 e. The molecule has 0 N–H and O–H groups in total. The van der Waals surface area contributed by atoms with E-state index < -0.39 is 0 Å². The van der Waals surface area contributed by atoms with E-state index in [0.717, 1.165) is 59.2 Å². The van der Waals surface area contributed by atoms with E-state index in [-0.39, 0.29) is 11.9 Å². The lowest BCUT2D eigenvalue weighted by atomic mass is 10.0. The maximum absolute atomic E-state index is 13.1. The van der Waals surface area contributed by atoms with Gasteiger partial charge in [-0.15, -0.1) is 0 Å². The molecule has 0 aliphatic carbocycles. The van der Waals surface area contributed by atoms with Gasteiger partial charge in [-0.2, -0.15) is 0 Å². The van der Waals surface area contributed by atoms with Crippen molar-refractivity contribution in [3.8, 4) is 11.5 Å². The third kappa shape index (κ3) is 3.86. The molecule has 4 rings (SSSR count). The average molecular weight is 426 g/mol. The van der Waals surface area contributed by atoms with Gasteiger partial charge in [0, 0.05) is 24.7 Å². The van der Waals surface area contributed by atoms with Gasteiger partial charge < -0.3 is 18.9 Å². The highest BCUT2D eigenvalue weighted by atomic mass is 32.2. The molecule has 7 heteroatoms. The molecule has 0 radical (unpaired) electrons. The van der Waals surface area contributed by atoms with Gasteiger partial charge in [-0.05, 0) is 44.0 Å². The van der Waals surface area contributed by atoms with Gasteiger partial charge in [0.25, 0.3) is 0 Å². The molecule has 1 aliphatic heterocycles. The van der Waals surface area contributed by atoms with E-state index in [1.54, 1.807) is 14.2 Å². The normalized spacial score (nSPS) is 16.2. The summed E-state index contributed by atoms with van der Waals surface area (Å²) < 4.78 is 13.1. The summed E-state index contributed by atoms with van der Waals surface area (Å²) in [6.45, 7) is 3.70. The first-order valence-electron chi connectivity index (χ1n) is 10.3. The van der Waals surface area contributed by atoms with Crippen LogP contribution < -0.4 is 9.47 Å². The van der Waals surface area contributed by atoms with Crippen LogP contribution in [0.15, 0.2) is 47.6 Å². The molecule has 6 nitrogen and oxygen atoms in total. The Bertz CT molecular complexity index is 1050. The van der Waals surface area contributed by atoms with Crippen molar-refractivity contribution in [1.29, 1.82) is 0 Å². The van der Waals surface area contributed by atoms with Crippen LogP contribution in [0.5, 0.6) is 11.5 Å². The molecule has 1 fully saturated rings. The SMILES string of the molecule is CCn1c(SCC(=O)N2CCCC2c2ccc(OC)cc2OC)nc2ccccc21. The number of hydrogen-bond donors (Lipinski definition) is 0. The monoisotopic (exact) mass is 425 g/mol. The molecule has 1 atom stereocenters. The van der Waals surface area contributed by atoms with Gasteiger partial charge in [0.05, 0.1) is 37.0 Å². The van der Waals surface area contributed by atoms with E-state index in [1.807, 2.05) is 41.3 Å². The highest BCUT2D eigenvalue weighted by molar-refractivity contribution is 7.99. The first-order valence-corrected chi connectivity index (χ1v) is 11.2. The van der Waals surface area contributed by atoms with Crippen molar-refractivity contribution >= 4 is 28.7 Å². The van der Waals surface area contributed by atoms with Gasteiger partial charge in [0.1, 0.15) is 11.5 Å². The molecule has 0 spiro atoms. The predicted octanol–water partition coefficient (Wildman–Crippen LogP) is 4.53. The van der Waals surface area contributed by atoms with Gasteiger partial charge in [-0.1, -0.05) is 23.9 Å². The third-order valence-electron chi connectivity index (χ3n) is 5.63. The summed E-state index contributed by atoms with van der Waals surface area (Å²) in [7, 11) is 3.30. The zero-order valence-corrected chi connectivity index (χ0v) is 18.4. The molecule has 1 aliphatic rings. The van der Waals surface area contributed by atoms with Crippen LogP contribution in [-0.2, 0) is 11.3 Å². The number of amides is 1. The van der Waals surface area contributed by atoms with Gasteiger partial charge in [-0.3, -0.25) is 4.79 Å². The standard InChI is InChI=1S/C23H27N3O3S/c1-4-25-20-9-6-5-8-18(20)24-23(25)30-15-22(27)26-13-7-10-19(26)17-12-11-16(28-2)14-21(17)29-3/h5-6,8-9,11-12,14,19H,4,7,10,13,15H2,1-3H3. The first-order chi connectivity index (χ1) is 14.7. The number of methoxy groups -OCH3 is 2. The van der Waals surface area contributed by atoms with Gasteiger partial charge >= 0.3 is 0 Å². The number of likely N-dealkylation sites (tertiary alicyclic amines) is 1. The second-order valence-corrected chi connectivity index (χ2v) is 8.21. The van der Waals surface area contributed by atoms with Crippen LogP contribution in [0.2, 0.25) is 0 Å². The third-order valence-corrected chi connectivity index (χ3v) is 6.59. The molecular formula is C23H27N3O3S. The largest absolute Gasteiger partial charge is 0.497 e. The van der Waals surface area contributed by atoms with Crippen molar-refractivity contribution < 1.29 is 14.3 Å². The number of aromatic nitrogens is 2. The summed E-state index contributed by atoms with van der Waals surface area (Å²) in [4.78, 5) is 19.9. The van der Waals surface area contributed by atoms with Crippen LogP contribution in [-0.4, -0.2) is 46.9 Å². The second-order valence-electron chi connectivity index (χ2n) is 7.27. The molecule has 1 amide bonds. The summed E-state index contributed by atoms with van der Waals surface area (Å²) in [5.41, 5.74) is 3.11. The molecule has 1 aromatic heterocycles. The van der Waals surface area contributed by atoms with E-state index in [4.69, 9.17) is 14.5 Å². The molecule has 2 aromatic carbocycles. The molecule has 1 unspecified atom stereocenters. The molecule has 2 heterocycles. The summed E-state index contributed by atoms with van der Waals surface area (Å²) in [5, 5.41) is 0.893. The Morgan fingerprint density at radius 3 is 2.80 bits per heavy atom. The van der Waals surface area contributed by atoms with E-state index in [2.05, 4.69) is 17.6 Å². The van der Waals surface area contributed by atoms with E-state index in [9.17, 15) is 4.79 Å². The van der Waals surface area contributed by atoms with Crippen LogP contribution in [0.25, 0.3) is 11.0 Å². The van der Waals surface area contributed by atoms with Gasteiger partial charge in [-0.25, -0.2) is 4.98 Å². The number of aryl methyl sites for hydroxylation is 1. The maximum Gasteiger partial charge on any atom is 0.233 e. The lowest BCUT2D eigenvalue weighted by Gasteiger charge is -2.26. The van der Waals surface area contributed by atoms with Crippen LogP contribution in [0.1, 0.15) is 31.4 Å². The fourth-order valence-electron chi connectivity index (χ4n) is 4.16. The number of hydrogen-bond acceptors (Lipinski definition) is 5. The number of para-hydroxylation sites is 2.